The van der Waals surface area contributed by atoms with Crippen LogP contribution < -0.4 is 4.40 Å². The van der Waals surface area contributed by atoms with Gasteiger partial charge in [0.25, 0.3) is 0 Å². The van der Waals surface area contributed by atoms with Crippen LogP contribution >= 0.6 is 0 Å². The summed E-state index contributed by atoms with van der Waals surface area (Å²) in [5.74, 6) is 8.47. The molecular formula is C55H54GeIrN4O-2. The van der Waals surface area contributed by atoms with Crippen LogP contribution in [0.2, 0.25) is 17.3 Å². The van der Waals surface area contributed by atoms with E-state index in [1.165, 1.54) is 58.8 Å². The van der Waals surface area contributed by atoms with Gasteiger partial charge in [-0.15, -0.1) is 18.2 Å². The molecule has 1 fully saturated rings. The molecule has 1 radical (unpaired) electrons. The third-order valence-corrected chi connectivity index (χ3v) is 16.4. The first kappa shape index (κ1) is 43.5. The Labute approximate surface area is 382 Å². The molecule has 1 saturated carbocycles. The van der Waals surface area contributed by atoms with Gasteiger partial charge in [0.05, 0.1) is 22.4 Å². The third kappa shape index (κ3) is 8.88. The number of rotatable bonds is 6. The van der Waals surface area contributed by atoms with Gasteiger partial charge in [0.2, 0.25) is 5.71 Å². The zero-order valence-electron chi connectivity index (χ0n) is 36.8. The number of fused-ring (bicyclic) bond motifs is 4. The van der Waals surface area contributed by atoms with Crippen molar-refractivity contribution in [1.29, 1.82) is 0 Å². The van der Waals surface area contributed by atoms with Gasteiger partial charge in [0.15, 0.2) is 0 Å². The molecule has 0 unspecified atom stereocenters. The number of furan rings is 1. The van der Waals surface area contributed by atoms with Crippen LogP contribution in [0.3, 0.4) is 0 Å². The van der Waals surface area contributed by atoms with Gasteiger partial charge in [-0.3, -0.25) is 4.98 Å². The van der Waals surface area contributed by atoms with Crippen LogP contribution in [-0.2, 0) is 25.5 Å². The van der Waals surface area contributed by atoms with Crippen molar-refractivity contribution in [3.05, 3.63) is 163 Å². The van der Waals surface area contributed by atoms with Gasteiger partial charge in [0, 0.05) is 48.4 Å². The fraction of sp³-hybridized carbons (Fsp3) is 0.255. The molecule has 10 rings (SSSR count). The zero-order chi connectivity index (χ0) is 42.3. The van der Waals surface area contributed by atoms with Gasteiger partial charge < -0.3 is 8.98 Å². The first-order valence-corrected chi connectivity index (χ1v) is 29.1. The second kappa shape index (κ2) is 17.9. The normalized spacial score (nSPS) is 13.5. The summed E-state index contributed by atoms with van der Waals surface area (Å²) in [6.45, 7) is 8.92. The summed E-state index contributed by atoms with van der Waals surface area (Å²) in [5.41, 5.74) is 13.4. The average molecular weight is 1050 g/mol. The fourth-order valence-electron chi connectivity index (χ4n) is 8.63. The molecular weight excluding hydrogens is 997 g/mol. The average Bonchev–Trinajstić information content (AvgIpc) is 3.84. The van der Waals surface area contributed by atoms with Gasteiger partial charge >= 0.3 is 99.8 Å². The van der Waals surface area contributed by atoms with Crippen molar-refractivity contribution in [1.82, 2.24) is 19.5 Å². The number of benzene rings is 5. The molecule has 4 aromatic heterocycles. The standard InChI is InChI=1S/C41H38N3O.C14H16GeN.Ir/c1-26-18-22-37-35(24-26)42-39(44(37)36-23-19-29(41(2,3)4)25-33(36)27-12-7-5-8-13-27)32-17-11-16-30-31-20-21-34(28-14-9-6-10-15-28)43-40(31)45-38(30)32;1-15(2,3)13-9-10-14(16-11-13)12-7-5-4-6-8-12;/h5,7-8,11-13,16,18-25,28H,6,9-10,14-15H2,1-4H3;4-7,9-11H,1-3H3;/q2*-1;. The second-order valence-electron chi connectivity index (χ2n) is 18.7. The largest absolute Gasteiger partial charge is 0 e. The van der Waals surface area contributed by atoms with E-state index in [9.17, 15) is 0 Å². The molecule has 4 heterocycles. The molecule has 1 aliphatic carbocycles. The number of hydrogen-bond acceptors (Lipinski definition) is 4. The third-order valence-electron chi connectivity index (χ3n) is 12.2. The topological polar surface area (TPSA) is 56.7 Å². The van der Waals surface area contributed by atoms with E-state index in [0.717, 1.165) is 61.4 Å². The van der Waals surface area contributed by atoms with Crippen molar-refractivity contribution in [3.8, 4) is 39.5 Å². The predicted molar refractivity (Wildman–Crippen MR) is 257 cm³/mol. The van der Waals surface area contributed by atoms with Gasteiger partial charge in [0.1, 0.15) is 0 Å². The summed E-state index contributed by atoms with van der Waals surface area (Å²) in [6.07, 6.45) is 8.34. The molecule has 7 heteroatoms. The Morgan fingerprint density at radius 3 is 2.24 bits per heavy atom. The van der Waals surface area contributed by atoms with Crippen molar-refractivity contribution >= 4 is 50.8 Å². The molecule has 0 N–H and O–H groups in total. The molecule has 0 bridgehead atoms. The maximum Gasteiger partial charge on any atom is 0 e. The maximum atomic E-state index is 6.66. The molecule has 0 amide bonds. The van der Waals surface area contributed by atoms with Gasteiger partial charge in [-0.1, -0.05) is 93.4 Å². The van der Waals surface area contributed by atoms with Crippen LogP contribution in [0.25, 0.3) is 72.6 Å². The van der Waals surface area contributed by atoms with Crippen LogP contribution in [0.4, 0.5) is 0 Å². The SMILES string of the molecule is Cc1ccc2c(c1)nc(-c1[c-]ccc3c1oc1nc(C4CCCCC4)ccc13)n2-c1ccc(C(C)(C)C)cc1-c1ccccc1.[CH3][Ge]([CH3])([CH3])[c]1ccc(-c2[c-]cccc2)nc1.[Ir]. The van der Waals surface area contributed by atoms with Crippen molar-refractivity contribution in [2.45, 2.75) is 88.4 Å². The smallest absolute Gasteiger partial charge is 0 e. The Balaban J connectivity index is 0.000000263. The fourth-order valence-corrected chi connectivity index (χ4v) is 10.8. The van der Waals surface area contributed by atoms with E-state index < -0.39 is 13.3 Å². The van der Waals surface area contributed by atoms with E-state index in [0.29, 0.717) is 11.6 Å². The molecule has 315 valence electrons. The summed E-state index contributed by atoms with van der Waals surface area (Å²) >= 11 is -1.72. The van der Waals surface area contributed by atoms with Crippen molar-refractivity contribution in [2.24, 2.45) is 0 Å². The maximum absolute atomic E-state index is 6.66. The first-order chi connectivity index (χ1) is 29.4. The molecule has 1 aliphatic rings. The molecule has 0 spiro atoms. The minimum atomic E-state index is -1.72. The summed E-state index contributed by atoms with van der Waals surface area (Å²) < 4.78 is 10.4. The first-order valence-electron chi connectivity index (χ1n) is 21.8. The van der Waals surface area contributed by atoms with E-state index in [1.54, 1.807) is 0 Å². The van der Waals surface area contributed by atoms with E-state index in [1.807, 2.05) is 36.5 Å². The van der Waals surface area contributed by atoms with Crippen LogP contribution in [0.15, 0.2) is 138 Å². The minimum absolute atomic E-state index is 0. The summed E-state index contributed by atoms with van der Waals surface area (Å²) in [5, 5.41) is 2.08. The van der Waals surface area contributed by atoms with Gasteiger partial charge in [-0.05, 0) is 78.3 Å². The predicted octanol–water partition coefficient (Wildman–Crippen LogP) is 14.2. The zero-order valence-corrected chi connectivity index (χ0v) is 41.3. The molecule has 0 aliphatic heterocycles. The van der Waals surface area contributed by atoms with Crippen LogP contribution in [-0.4, -0.2) is 32.8 Å². The number of pyridine rings is 2. The van der Waals surface area contributed by atoms with Gasteiger partial charge in [-0.25, -0.2) is 4.98 Å². The molecule has 9 aromatic rings. The van der Waals surface area contributed by atoms with Crippen molar-refractivity contribution in [2.75, 3.05) is 0 Å². The van der Waals surface area contributed by atoms with E-state index in [2.05, 4.69) is 164 Å². The number of imidazole rings is 1. The summed E-state index contributed by atoms with van der Waals surface area (Å²) in [4.78, 5) is 14.9. The Hall–Kier alpha value is -5.14. The van der Waals surface area contributed by atoms with Crippen LogP contribution in [0, 0.1) is 19.1 Å². The molecule has 62 heavy (non-hydrogen) atoms. The number of hydrogen-bond donors (Lipinski definition) is 0. The van der Waals surface area contributed by atoms with Crippen molar-refractivity contribution < 1.29 is 24.5 Å². The second-order valence-corrected chi connectivity index (χ2v) is 29.3. The van der Waals surface area contributed by atoms with Gasteiger partial charge in [-0.2, -0.15) is 0 Å². The number of aryl methyl sites for hydroxylation is 1. The quantitative estimate of drug-likeness (QED) is 0.123. The monoisotopic (exact) mass is 1050 g/mol. The Morgan fingerprint density at radius 1 is 0.742 bits per heavy atom. The van der Waals surface area contributed by atoms with E-state index >= 15 is 0 Å². The van der Waals surface area contributed by atoms with E-state index in [4.69, 9.17) is 14.4 Å². The van der Waals surface area contributed by atoms with E-state index in [-0.39, 0.29) is 25.5 Å². The summed E-state index contributed by atoms with van der Waals surface area (Å²) in [6, 6.07) is 51.6. The van der Waals surface area contributed by atoms with Crippen molar-refractivity contribution in [3.63, 3.8) is 0 Å². The van der Waals surface area contributed by atoms with Crippen LogP contribution in [0.1, 0.15) is 75.6 Å². The Bertz CT molecular complexity index is 2970. The Morgan fingerprint density at radius 2 is 1.53 bits per heavy atom. The number of nitrogens with zero attached hydrogens (tertiary/aromatic N) is 4. The minimum Gasteiger partial charge on any atom is 0 e. The molecule has 5 nitrogen and oxygen atoms in total. The molecule has 5 aromatic carbocycles. The summed E-state index contributed by atoms with van der Waals surface area (Å²) in [7, 11) is 0. The number of aromatic nitrogens is 4. The molecule has 0 saturated heterocycles. The van der Waals surface area contributed by atoms with Crippen LogP contribution in [0.5, 0.6) is 0 Å². The Kier molecular flexibility index (Phi) is 12.6. The molecule has 0 atom stereocenters.